The van der Waals surface area contributed by atoms with Gasteiger partial charge in [0.05, 0.1) is 25.9 Å². The van der Waals surface area contributed by atoms with Crippen LogP contribution >= 0.6 is 12.4 Å². The zero-order valence-corrected chi connectivity index (χ0v) is 16.4. The monoisotopic (exact) mass is 398 g/mol. The van der Waals surface area contributed by atoms with Gasteiger partial charge in [0.1, 0.15) is 11.4 Å². The van der Waals surface area contributed by atoms with E-state index in [2.05, 4.69) is 17.3 Å². The van der Waals surface area contributed by atoms with Gasteiger partial charge in [0, 0.05) is 37.7 Å². The minimum absolute atomic E-state index is 0. The fourth-order valence-electron chi connectivity index (χ4n) is 3.90. The second-order valence-corrected chi connectivity index (χ2v) is 7.25. The highest BCUT2D eigenvalue weighted by atomic mass is 35.5. The van der Waals surface area contributed by atoms with Crippen LogP contribution in [-0.2, 0) is 32.0 Å². The van der Waals surface area contributed by atoms with Crippen molar-refractivity contribution in [3.05, 3.63) is 46.8 Å². The van der Waals surface area contributed by atoms with E-state index in [4.69, 9.17) is 4.74 Å². The summed E-state index contributed by atoms with van der Waals surface area (Å²) in [4.78, 5) is 1.81. The van der Waals surface area contributed by atoms with Gasteiger partial charge in [-0.05, 0) is 24.6 Å². The van der Waals surface area contributed by atoms with Crippen LogP contribution in [0.2, 0.25) is 0 Å². The first-order valence-corrected chi connectivity index (χ1v) is 9.02. The molecule has 2 aliphatic heterocycles. The van der Waals surface area contributed by atoms with Gasteiger partial charge in [0.2, 0.25) is 0 Å². The minimum Gasteiger partial charge on any atom is -0.497 e. The fraction of sp³-hybridized carbons (Fsp3) is 0.526. The number of rotatable bonds is 3. The molecular weight excluding hydrogens is 374 g/mol. The summed E-state index contributed by atoms with van der Waals surface area (Å²) in [5, 5.41) is 7.80. The van der Waals surface area contributed by atoms with Gasteiger partial charge in [0.25, 0.3) is 0 Å². The molecule has 1 atom stereocenters. The predicted molar refractivity (Wildman–Crippen MR) is 102 cm³/mol. The lowest BCUT2D eigenvalue weighted by Gasteiger charge is -2.26. The van der Waals surface area contributed by atoms with Gasteiger partial charge in [-0.1, -0.05) is 12.1 Å². The van der Waals surface area contributed by atoms with Crippen molar-refractivity contribution in [2.75, 3.05) is 20.2 Å². The topological polar surface area (TPSA) is 42.3 Å². The van der Waals surface area contributed by atoms with Crippen molar-refractivity contribution in [3.8, 4) is 5.75 Å². The van der Waals surface area contributed by atoms with Gasteiger partial charge in [-0.3, -0.25) is 9.58 Å². The van der Waals surface area contributed by atoms with E-state index < -0.39 is 5.92 Å². The van der Waals surface area contributed by atoms with E-state index in [9.17, 15) is 0 Å². The van der Waals surface area contributed by atoms with E-state index >= 15 is 8.78 Å². The summed E-state index contributed by atoms with van der Waals surface area (Å²) in [5.74, 6) is -2.14. The number of alkyl halides is 2. The number of fused-ring (bicyclic) bond motifs is 3. The highest BCUT2D eigenvalue weighted by molar-refractivity contribution is 5.85. The van der Waals surface area contributed by atoms with Crippen LogP contribution in [0.3, 0.4) is 0 Å². The molecule has 4 rings (SSSR count). The lowest BCUT2D eigenvalue weighted by molar-refractivity contribution is -0.0390. The molecule has 0 aliphatic carbocycles. The van der Waals surface area contributed by atoms with Crippen molar-refractivity contribution >= 4 is 12.4 Å². The van der Waals surface area contributed by atoms with Crippen molar-refractivity contribution in [2.24, 2.45) is 0 Å². The third-order valence-electron chi connectivity index (χ3n) is 5.22. The van der Waals surface area contributed by atoms with Gasteiger partial charge in [-0.2, -0.15) is 13.9 Å². The maximum atomic E-state index is 15.1. The van der Waals surface area contributed by atoms with Crippen LogP contribution in [0.15, 0.2) is 24.3 Å². The Balaban J connectivity index is 0.00000210. The lowest BCUT2D eigenvalue weighted by Crippen LogP contribution is -2.37. The first-order valence-electron chi connectivity index (χ1n) is 9.02. The molecule has 27 heavy (non-hydrogen) atoms. The smallest absolute Gasteiger partial charge is 0.302 e. The van der Waals surface area contributed by atoms with Crippen molar-refractivity contribution in [1.29, 1.82) is 0 Å². The molecule has 2 aromatic rings. The van der Waals surface area contributed by atoms with Crippen molar-refractivity contribution in [2.45, 2.75) is 44.9 Å². The minimum atomic E-state index is -2.91. The molecule has 0 amide bonds. The Labute approximate surface area is 164 Å². The second kappa shape index (κ2) is 7.73. The van der Waals surface area contributed by atoms with E-state index in [0.717, 1.165) is 17.0 Å². The Morgan fingerprint density at radius 1 is 1.26 bits per heavy atom. The molecule has 0 fully saturated rings. The largest absolute Gasteiger partial charge is 0.497 e. The van der Waals surface area contributed by atoms with Crippen LogP contribution in [0.5, 0.6) is 5.75 Å². The Morgan fingerprint density at radius 3 is 2.70 bits per heavy atom. The summed E-state index contributed by atoms with van der Waals surface area (Å²) in [6.45, 7) is 3.78. The third kappa shape index (κ3) is 3.95. The highest BCUT2D eigenvalue weighted by Gasteiger charge is 2.43. The molecule has 1 aromatic carbocycles. The molecule has 8 heteroatoms. The maximum Gasteiger partial charge on any atom is 0.302 e. The Hall–Kier alpha value is -1.70. The van der Waals surface area contributed by atoms with Crippen LogP contribution in [0.4, 0.5) is 8.78 Å². The molecule has 0 saturated carbocycles. The number of halogens is 3. The third-order valence-corrected chi connectivity index (χ3v) is 5.22. The molecule has 3 heterocycles. The van der Waals surface area contributed by atoms with Gasteiger partial charge < -0.3 is 10.1 Å². The first kappa shape index (κ1) is 20.0. The van der Waals surface area contributed by atoms with E-state index in [1.165, 1.54) is 0 Å². The molecule has 0 bridgehead atoms. The zero-order valence-electron chi connectivity index (χ0n) is 15.5. The van der Waals surface area contributed by atoms with E-state index in [1.807, 2.05) is 29.2 Å². The molecule has 2 aliphatic rings. The highest BCUT2D eigenvalue weighted by Crippen LogP contribution is 2.36. The normalized spacial score (nSPS) is 21.6. The van der Waals surface area contributed by atoms with Crippen LogP contribution in [0.25, 0.3) is 0 Å². The van der Waals surface area contributed by atoms with Crippen molar-refractivity contribution < 1.29 is 13.5 Å². The molecule has 0 spiro atoms. The zero-order chi connectivity index (χ0) is 18.3. The first-order chi connectivity index (χ1) is 12.5. The summed E-state index contributed by atoms with van der Waals surface area (Å²) >= 11 is 0. The number of hydrogen-bond acceptors (Lipinski definition) is 4. The summed E-state index contributed by atoms with van der Waals surface area (Å²) in [6.07, 6.45) is 0.709. The summed E-state index contributed by atoms with van der Waals surface area (Å²) in [7, 11) is 1.61. The van der Waals surface area contributed by atoms with Crippen LogP contribution in [-0.4, -0.2) is 40.9 Å². The van der Waals surface area contributed by atoms with Gasteiger partial charge in [0.15, 0.2) is 0 Å². The van der Waals surface area contributed by atoms with Crippen LogP contribution in [0, 0.1) is 0 Å². The number of hydrogen-bond donors (Lipinski definition) is 1. The quantitative estimate of drug-likeness (QED) is 0.863. The maximum absolute atomic E-state index is 15.1. The Morgan fingerprint density at radius 2 is 2.00 bits per heavy atom. The molecule has 5 nitrogen and oxygen atoms in total. The number of ether oxygens (including phenoxy) is 1. The van der Waals surface area contributed by atoms with Gasteiger partial charge in [-0.15, -0.1) is 12.4 Å². The average Bonchev–Trinajstić information content (AvgIpc) is 2.92. The standard InChI is InChI=1S/C19H24F2N4O.ClH/c1-13-9-17-16(10-22-13)18-19(20,21)12-24(7-8-25(18)23-17)11-14-3-5-15(26-2)6-4-14;/h3-6,13,22H,7-12H2,1-2H3;1H/t13-;/m1./s1. The summed E-state index contributed by atoms with van der Waals surface area (Å²) in [6, 6.07) is 7.85. The van der Waals surface area contributed by atoms with Gasteiger partial charge in [-0.25, -0.2) is 0 Å². The molecule has 1 aromatic heterocycles. The van der Waals surface area contributed by atoms with Crippen molar-refractivity contribution in [1.82, 2.24) is 20.0 Å². The number of benzene rings is 1. The van der Waals surface area contributed by atoms with Crippen molar-refractivity contribution in [3.63, 3.8) is 0 Å². The number of nitrogens with one attached hydrogen (secondary N) is 1. The molecule has 0 saturated heterocycles. The molecule has 0 radical (unpaired) electrons. The van der Waals surface area contributed by atoms with Crippen LogP contribution < -0.4 is 10.1 Å². The molecule has 1 N–H and O–H groups in total. The number of methoxy groups -OCH3 is 1. The summed E-state index contributed by atoms with van der Waals surface area (Å²) in [5.41, 5.74) is 2.62. The molecular formula is C19H25ClF2N4O. The fourth-order valence-corrected chi connectivity index (χ4v) is 3.90. The van der Waals surface area contributed by atoms with E-state index in [-0.39, 0.29) is 30.7 Å². The summed E-state index contributed by atoms with van der Waals surface area (Å²) < 4.78 is 36.9. The predicted octanol–water partition coefficient (Wildman–Crippen LogP) is 2.96. The average molecular weight is 399 g/mol. The second-order valence-electron chi connectivity index (χ2n) is 7.25. The van der Waals surface area contributed by atoms with Gasteiger partial charge >= 0.3 is 5.92 Å². The lowest BCUT2D eigenvalue weighted by atomic mass is 9.99. The molecule has 0 unspecified atom stereocenters. The number of nitrogens with zero attached hydrogens (tertiary/aromatic N) is 3. The Bertz CT molecular complexity index is 794. The Kier molecular flexibility index (Phi) is 5.74. The van der Waals surface area contributed by atoms with E-state index in [1.54, 1.807) is 11.8 Å². The SMILES string of the molecule is COc1ccc(CN2CCn3nc4c(c3C(F)(F)C2)CN[C@H](C)C4)cc1.Cl. The van der Waals surface area contributed by atoms with Crippen LogP contribution in [0.1, 0.15) is 29.4 Å². The number of aromatic nitrogens is 2. The molecule has 148 valence electrons. The van der Waals surface area contributed by atoms with E-state index in [0.29, 0.717) is 38.2 Å².